The number of thiazole rings is 1. The molecule has 7 heteroatoms. The van der Waals surface area contributed by atoms with Crippen molar-refractivity contribution in [3.05, 3.63) is 42.2 Å². The molecule has 0 saturated heterocycles. The van der Waals surface area contributed by atoms with Crippen LogP contribution < -0.4 is 2.89 Å². The van der Waals surface area contributed by atoms with Crippen molar-refractivity contribution in [3.8, 4) is 0 Å². The van der Waals surface area contributed by atoms with Gasteiger partial charge in [-0.15, -0.1) is 0 Å². The molecule has 0 bridgehead atoms. The van der Waals surface area contributed by atoms with Crippen molar-refractivity contribution in [2.75, 3.05) is 6.26 Å². The molecule has 0 atom stereocenters. The number of nitrogens with zero attached hydrogens (tertiary/aromatic N) is 3. The summed E-state index contributed by atoms with van der Waals surface area (Å²) in [6.45, 7) is 6.94. The van der Waals surface area contributed by atoms with Gasteiger partial charge in [-0.3, -0.25) is 0 Å². The molecule has 0 fully saturated rings. The van der Waals surface area contributed by atoms with Crippen LogP contribution in [0.15, 0.2) is 35.9 Å². The molecule has 3 rings (SSSR count). The van der Waals surface area contributed by atoms with Crippen LogP contribution in [-0.4, -0.2) is 44.8 Å². The summed E-state index contributed by atoms with van der Waals surface area (Å²) in [5.74, 6) is -0.0178. The molecule has 0 aliphatic carbocycles. The number of unbranched alkanes of at least 4 members (excludes halogenated alkanes) is 3. The Morgan fingerprint density at radius 2 is 1.71 bits per heavy atom. The molecule has 0 aliphatic heterocycles. The Hall–Kier alpha value is -0.861. The van der Waals surface area contributed by atoms with Crippen LogP contribution in [0.4, 0.5) is 0 Å². The quantitative estimate of drug-likeness (QED) is 0.130. The second kappa shape index (κ2) is 11.8. The van der Waals surface area contributed by atoms with Gasteiger partial charge < -0.3 is 0 Å². The number of aromatic nitrogens is 3. The molecule has 0 radical (unpaired) electrons. The topological polar surface area (TPSA) is 47.3 Å². The number of pyridine rings is 1. The summed E-state index contributed by atoms with van der Waals surface area (Å²) < 4.78 is 8.06. The summed E-state index contributed by atoms with van der Waals surface area (Å²) in [5.41, 5.74) is 1.21. The van der Waals surface area contributed by atoms with Gasteiger partial charge in [-0.1, -0.05) is 0 Å². The number of imidazole rings is 1. The van der Waals surface area contributed by atoms with Crippen molar-refractivity contribution >= 4 is 55.0 Å². The minimum atomic E-state index is -2.51. The summed E-state index contributed by atoms with van der Waals surface area (Å²) in [6.07, 6.45) is 17.5. The van der Waals surface area contributed by atoms with Crippen LogP contribution in [0, 0.1) is 0 Å². The average Bonchev–Trinajstić information content (AvgIpc) is 3.40. The fourth-order valence-corrected chi connectivity index (χ4v) is 24.7. The third kappa shape index (κ3) is 5.74. The van der Waals surface area contributed by atoms with E-state index in [0.29, 0.717) is 11.3 Å². The second-order valence-electron chi connectivity index (χ2n) is 8.43. The van der Waals surface area contributed by atoms with Crippen LogP contribution in [0.1, 0.15) is 75.3 Å². The molecule has 3 heterocycles. The van der Waals surface area contributed by atoms with E-state index in [2.05, 4.69) is 41.3 Å². The SMILES string of the molecule is CCC[CH2][Sn]([CH2]CCC)([CH2]CCC)[c]1cn2cnc(C(=O)c3cncc(SC)c3)c2s1. The Labute approximate surface area is 199 Å². The van der Waals surface area contributed by atoms with Crippen molar-refractivity contribution in [2.45, 2.75) is 77.5 Å². The molecule has 0 saturated carbocycles. The van der Waals surface area contributed by atoms with Crippen molar-refractivity contribution in [1.29, 1.82) is 0 Å². The zero-order valence-corrected chi connectivity index (χ0v) is 23.8. The van der Waals surface area contributed by atoms with Crippen molar-refractivity contribution < 1.29 is 4.79 Å². The molecule has 3 aromatic heterocycles. The van der Waals surface area contributed by atoms with Gasteiger partial charge in [-0.05, 0) is 0 Å². The number of fused-ring (bicyclic) bond motifs is 1. The van der Waals surface area contributed by atoms with E-state index in [9.17, 15) is 4.79 Å². The van der Waals surface area contributed by atoms with E-state index in [0.717, 1.165) is 9.73 Å². The molecule has 0 N–H and O–H groups in total. The molecule has 0 amide bonds. The molecule has 4 nitrogen and oxygen atoms in total. The Bertz CT molecular complexity index is 976. The molecular formula is C24H35N3OS2Sn. The first kappa shape index (κ1) is 24.8. The van der Waals surface area contributed by atoms with Crippen LogP contribution in [-0.2, 0) is 0 Å². The van der Waals surface area contributed by atoms with Gasteiger partial charge in [0, 0.05) is 0 Å². The fraction of sp³-hybridized carbons (Fsp3) is 0.542. The van der Waals surface area contributed by atoms with Crippen LogP contribution >= 0.6 is 23.1 Å². The van der Waals surface area contributed by atoms with Gasteiger partial charge in [0.1, 0.15) is 0 Å². The first-order valence-electron chi connectivity index (χ1n) is 11.6. The second-order valence-corrected chi connectivity index (χ2v) is 24.5. The van der Waals surface area contributed by atoms with E-state index in [-0.39, 0.29) is 5.78 Å². The standard InChI is InChI=1S/C12H8N3OS2.3C4H9.Sn/c1-17-9-4-8(5-13-6-9)11(16)10-12-15(7-14-10)2-3-18-12;3*1-3-4-2;/h2,4-7H,1H3;3*1,3-4H2,2H3;. The zero-order valence-electron chi connectivity index (χ0n) is 19.3. The monoisotopic (exact) mass is 565 g/mol. The Balaban J connectivity index is 2.01. The van der Waals surface area contributed by atoms with Crippen molar-refractivity contribution in [3.63, 3.8) is 0 Å². The van der Waals surface area contributed by atoms with Gasteiger partial charge in [0.2, 0.25) is 0 Å². The van der Waals surface area contributed by atoms with Crippen LogP contribution in [0.5, 0.6) is 0 Å². The van der Waals surface area contributed by atoms with E-state index >= 15 is 0 Å². The number of carbonyl (C=O) groups excluding carboxylic acids is 1. The molecule has 0 aromatic carbocycles. The molecule has 168 valence electrons. The number of hydrogen-bond donors (Lipinski definition) is 0. The van der Waals surface area contributed by atoms with Crippen LogP contribution in [0.25, 0.3) is 4.83 Å². The van der Waals surface area contributed by atoms with Gasteiger partial charge in [-0.2, -0.15) is 0 Å². The van der Waals surface area contributed by atoms with Gasteiger partial charge in [0.25, 0.3) is 0 Å². The van der Waals surface area contributed by atoms with Gasteiger partial charge in [0.05, 0.1) is 0 Å². The Kier molecular flexibility index (Phi) is 9.46. The molecular weight excluding hydrogens is 529 g/mol. The van der Waals surface area contributed by atoms with E-state index < -0.39 is 18.4 Å². The van der Waals surface area contributed by atoms with E-state index in [1.807, 2.05) is 30.0 Å². The normalized spacial score (nSPS) is 12.0. The predicted molar refractivity (Wildman–Crippen MR) is 137 cm³/mol. The van der Waals surface area contributed by atoms with Gasteiger partial charge in [0.15, 0.2) is 0 Å². The van der Waals surface area contributed by atoms with E-state index in [1.54, 1.807) is 27.0 Å². The third-order valence-electron chi connectivity index (χ3n) is 6.19. The van der Waals surface area contributed by atoms with Crippen molar-refractivity contribution in [1.82, 2.24) is 14.4 Å². The third-order valence-corrected chi connectivity index (χ3v) is 26.2. The molecule has 31 heavy (non-hydrogen) atoms. The zero-order chi connectivity index (χ0) is 22.3. The fourth-order valence-electron chi connectivity index (χ4n) is 4.28. The summed E-state index contributed by atoms with van der Waals surface area (Å²) in [4.78, 5) is 24.0. The van der Waals surface area contributed by atoms with E-state index in [1.165, 1.54) is 51.8 Å². The summed E-state index contributed by atoms with van der Waals surface area (Å²) >= 11 is 0.957. The number of thioether (sulfide) groups is 1. The number of carbonyl (C=O) groups is 1. The number of hydrogen-bond acceptors (Lipinski definition) is 5. The predicted octanol–water partition coefficient (Wildman–Crippen LogP) is 6.80. The molecule has 0 unspecified atom stereocenters. The van der Waals surface area contributed by atoms with Crippen LogP contribution in [0.3, 0.4) is 0 Å². The first-order chi connectivity index (χ1) is 15.1. The molecule has 0 spiro atoms. The molecule has 0 aliphatic rings. The van der Waals surface area contributed by atoms with Gasteiger partial charge in [-0.25, -0.2) is 0 Å². The number of ketones is 1. The van der Waals surface area contributed by atoms with Gasteiger partial charge >= 0.3 is 200 Å². The molecule has 3 aromatic rings. The maximum absolute atomic E-state index is 13.3. The van der Waals surface area contributed by atoms with Crippen LogP contribution in [0.2, 0.25) is 13.3 Å². The van der Waals surface area contributed by atoms with Crippen molar-refractivity contribution in [2.24, 2.45) is 0 Å². The average molecular weight is 564 g/mol. The Morgan fingerprint density at radius 3 is 2.29 bits per heavy atom. The summed E-state index contributed by atoms with van der Waals surface area (Å²) in [5, 5.41) is 0. The number of rotatable bonds is 13. The summed E-state index contributed by atoms with van der Waals surface area (Å²) in [6, 6.07) is 1.92. The maximum atomic E-state index is 13.3. The minimum absolute atomic E-state index is 0.0178. The van der Waals surface area contributed by atoms with E-state index in [4.69, 9.17) is 0 Å². The Morgan fingerprint density at radius 1 is 1.06 bits per heavy atom. The first-order valence-corrected chi connectivity index (χ1v) is 21.1. The summed E-state index contributed by atoms with van der Waals surface area (Å²) in [7, 11) is 0.